The maximum absolute atomic E-state index is 13.2. The fourth-order valence-electron chi connectivity index (χ4n) is 3.13. The van der Waals surface area contributed by atoms with E-state index in [9.17, 15) is 29.8 Å². The Labute approximate surface area is 204 Å². The molecule has 2 amide bonds. The molecule has 184 valence electrons. The third kappa shape index (κ3) is 5.99. The van der Waals surface area contributed by atoms with Gasteiger partial charge in [0, 0.05) is 18.2 Å². The first-order chi connectivity index (χ1) is 17.2. The lowest BCUT2D eigenvalue weighted by Gasteiger charge is -2.14. The molecule has 0 bridgehead atoms. The van der Waals surface area contributed by atoms with Gasteiger partial charge in [0.05, 0.1) is 41.4 Å². The molecule has 3 aromatic rings. The number of hydrogen-bond acceptors (Lipinski definition) is 8. The SMILES string of the molecule is COc1cc([N+](=O)[O-])ccc1NC(=O)/C(=C/c1ccc([N+](=O)[O-])cc1)NC(=O)c1ccccc1OC. The number of ether oxygens (including phenoxy) is 2. The molecule has 0 unspecified atom stereocenters. The highest BCUT2D eigenvalue weighted by Gasteiger charge is 2.20. The number of nitrogens with zero attached hydrogens (tertiary/aromatic N) is 2. The van der Waals surface area contributed by atoms with Gasteiger partial charge in [0.15, 0.2) is 0 Å². The summed E-state index contributed by atoms with van der Waals surface area (Å²) in [6.45, 7) is 0. The van der Waals surface area contributed by atoms with E-state index in [2.05, 4.69) is 10.6 Å². The number of non-ortho nitro benzene ring substituents is 2. The Morgan fingerprint density at radius 2 is 1.44 bits per heavy atom. The third-order valence-corrected chi connectivity index (χ3v) is 4.90. The van der Waals surface area contributed by atoms with Crippen LogP contribution in [0.1, 0.15) is 15.9 Å². The van der Waals surface area contributed by atoms with Crippen molar-refractivity contribution < 1.29 is 28.9 Å². The number of rotatable bonds is 9. The van der Waals surface area contributed by atoms with Crippen LogP contribution < -0.4 is 20.1 Å². The monoisotopic (exact) mass is 492 g/mol. The summed E-state index contributed by atoms with van der Waals surface area (Å²) in [5.74, 6) is -1.11. The summed E-state index contributed by atoms with van der Waals surface area (Å²) < 4.78 is 10.3. The van der Waals surface area contributed by atoms with E-state index >= 15 is 0 Å². The molecule has 0 heterocycles. The minimum absolute atomic E-state index is 0.0308. The molecule has 12 nitrogen and oxygen atoms in total. The predicted molar refractivity (Wildman–Crippen MR) is 130 cm³/mol. The number of carbonyl (C=O) groups excluding carboxylic acids is 2. The molecule has 0 atom stereocenters. The van der Waals surface area contributed by atoms with Crippen LogP contribution in [0.15, 0.2) is 72.4 Å². The zero-order chi connectivity index (χ0) is 26.2. The van der Waals surface area contributed by atoms with Gasteiger partial charge in [-0.15, -0.1) is 0 Å². The number of para-hydroxylation sites is 1. The van der Waals surface area contributed by atoms with Crippen molar-refractivity contribution in [1.29, 1.82) is 0 Å². The van der Waals surface area contributed by atoms with Crippen LogP contribution >= 0.6 is 0 Å². The van der Waals surface area contributed by atoms with E-state index < -0.39 is 21.7 Å². The Kier molecular flexibility index (Phi) is 7.92. The van der Waals surface area contributed by atoms with Gasteiger partial charge in [0.2, 0.25) is 0 Å². The third-order valence-electron chi connectivity index (χ3n) is 4.90. The molecule has 36 heavy (non-hydrogen) atoms. The highest BCUT2D eigenvalue weighted by molar-refractivity contribution is 6.11. The second-order valence-corrected chi connectivity index (χ2v) is 7.16. The van der Waals surface area contributed by atoms with E-state index in [1.54, 1.807) is 18.2 Å². The van der Waals surface area contributed by atoms with Gasteiger partial charge >= 0.3 is 0 Å². The molecule has 0 aliphatic carbocycles. The molecular formula is C24H20N4O8. The second kappa shape index (κ2) is 11.2. The molecule has 0 fully saturated rings. The van der Waals surface area contributed by atoms with E-state index in [1.165, 1.54) is 62.8 Å². The van der Waals surface area contributed by atoms with Gasteiger partial charge in [0.25, 0.3) is 23.2 Å². The lowest BCUT2D eigenvalue weighted by atomic mass is 10.1. The summed E-state index contributed by atoms with van der Waals surface area (Å²) in [6, 6.07) is 15.3. The largest absolute Gasteiger partial charge is 0.496 e. The molecule has 0 aliphatic rings. The predicted octanol–water partition coefficient (Wildman–Crippen LogP) is 3.93. The maximum atomic E-state index is 13.2. The number of methoxy groups -OCH3 is 2. The van der Waals surface area contributed by atoms with Crippen molar-refractivity contribution in [3.05, 3.63) is 104 Å². The summed E-state index contributed by atoms with van der Waals surface area (Å²) in [5, 5.41) is 27.1. The van der Waals surface area contributed by atoms with Gasteiger partial charge in [-0.3, -0.25) is 29.8 Å². The molecule has 0 aliphatic heterocycles. The summed E-state index contributed by atoms with van der Waals surface area (Å²) >= 11 is 0. The Hall–Kier alpha value is -5.26. The lowest BCUT2D eigenvalue weighted by Crippen LogP contribution is -2.31. The van der Waals surface area contributed by atoms with Crippen LogP contribution in [0.4, 0.5) is 17.1 Å². The van der Waals surface area contributed by atoms with Crippen molar-refractivity contribution in [1.82, 2.24) is 5.32 Å². The summed E-state index contributed by atoms with van der Waals surface area (Å²) in [5.41, 5.74) is 0.0780. The van der Waals surface area contributed by atoms with Crippen molar-refractivity contribution in [2.45, 2.75) is 0 Å². The normalized spacial score (nSPS) is 10.8. The molecule has 0 aromatic heterocycles. The molecule has 0 saturated heterocycles. The minimum atomic E-state index is -0.774. The smallest absolute Gasteiger partial charge is 0.273 e. The van der Waals surface area contributed by atoms with Crippen molar-refractivity contribution in [2.24, 2.45) is 0 Å². The highest BCUT2D eigenvalue weighted by atomic mass is 16.6. The number of benzene rings is 3. The number of amides is 2. The second-order valence-electron chi connectivity index (χ2n) is 7.16. The van der Waals surface area contributed by atoms with Gasteiger partial charge in [-0.25, -0.2) is 0 Å². The average Bonchev–Trinajstić information content (AvgIpc) is 2.88. The maximum Gasteiger partial charge on any atom is 0.273 e. The minimum Gasteiger partial charge on any atom is -0.496 e. The summed E-state index contributed by atoms with van der Waals surface area (Å²) in [6.07, 6.45) is 1.32. The van der Waals surface area contributed by atoms with Crippen molar-refractivity contribution in [3.63, 3.8) is 0 Å². The lowest BCUT2D eigenvalue weighted by molar-refractivity contribution is -0.385. The molecule has 0 spiro atoms. The number of hydrogen-bond donors (Lipinski definition) is 2. The Balaban J connectivity index is 1.97. The van der Waals surface area contributed by atoms with Crippen LogP contribution in [-0.4, -0.2) is 35.9 Å². The van der Waals surface area contributed by atoms with E-state index in [4.69, 9.17) is 9.47 Å². The number of nitro groups is 2. The molecule has 3 aromatic carbocycles. The fraction of sp³-hybridized carbons (Fsp3) is 0.0833. The Morgan fingerprint density at radius 3 is 2.06 bits per heavy atom. The average molecular weight is 492 g/mol. The number of nitrogens with one attached hydrogen (secondary N) is 2. The van der Waals surface area contributed by atoms with Gasteiger partial charge in [-0.2, -0.15) is 0 Å². The van der Waals surface area contributed by atoms with Crippen LogP contribution in [-0.2, 0) is 4.79 Å². The number of nitro benzene ring substituents is 2. The van der Waals surface area contributed by atoms with E-state index in [1.807, 2.05) is 0 Å². The molecule has 0 saturated carbocycles. The van der Waals surface area contributed by atoms with Crippen LogP contribution in [0.3, 0.4) is 0 Å². The highest BCUT2D eigenvalue weighted by Crippen LogP contribution is 2.29. The van der Waals surface area contributed by atoms with E-state index in [0.717, 1.165) is 6.07 Å². The molecule has 2 N–H and O–H groups in total. The molecular weight excluding hydrogens is 472 g/mol. The van der Waals surface area contributed by atoms with Crippen LogP contribution in [0.25, 0.3) is 6.08 Å². The van der Waals surface area contributed by atoms with Gasteiger partial charge in [0.1, 0.15) is 17.2 Å². The van der Waals surface area contributed by atoms with E-state index in [0.29, 0.717) is 5.56 Å². The molecule has 0 radical (unpaired) electrons. The quantitative estimate of drug-likeness (QED) is 0.258. The first-order valence-corrected chi connectivity index (χ1v) is 10.3. The van der Waals surface area contributed by atoms with Crippen LogP contribution in [0.5, 0.6) is 11.5 Å². The number of carbonyl (C=O) groups is 2. The molecule has 12 heteroatoms. The molecule has 3 rings (SSSR count). The van der Waals surface area contributed by atoms with E-state index in [-0.39, 0.29) is 39.8 Å². The van der Waals surface area contributed by atoms with Gasteiger partial charge < -0.3 is 20.1 Å². The zero-order valence-electron chi connectivity index (χ0n) is 19.1. The summed E-state index contributed by atoms with van der Waals surface area (Å²) in [7, 11) is 2.68. The fourth-order valence-corrected chi connectivity index (χ4v) is 3.13. The van der Waals surface area contributed by atoms with Crippen LogP contribution in [0.2, 0.25) is 0 Å². The Morgan fingerprint density at radius 1 is 0.833 bits per heavy atom. The van der Waals surface area contributed by atoms with Crippen molar-refractivity contribution >= 4 is 35.0 Å². The van der Waals surface area contributed by atoms with Crippen molar-refractivity contribution in [3.8, 4) is 11.5 Å². The first kappa shape index (κ1) is 25.4. The van der Waals surface area contributed by atoms with Gasteiger partial charge in [-0.05, 0) is 42.0 Å². The zero-order valence-corrected chi connectivity index (χ0v) is 19.1. The Bertz CT molecular complexity index is 1350. The van der Waals surface area contributed by atoms with Gasteiger partial charge in [-0.1, -0.05) is 12.1 Å². The number of anilines is 1. The topological polar surface area (TPSA) is 163 Å². The first-order valence-electron chi connectivity index (χ1n) is 10.3. The standard InChI is InChI=1S/C24H20N4O8/c1-35-21-6-4-3-5-18(21)23(29)26-20(13-15-7-9-16(10-8-15)27(31)32)24(30)25-19-12-11-17(28(33)34)14-22(19)36-2/h3-14H,1-2H3,(H,25,30)(H,26,29)/b20-13-. The van der Waals surface area contributed by atoms with Crippen molar-refractivity contribution in [2.75, 3.05) is 19.5 Å². The summed E-state index contributed by atoms with van der Waals surface area (Å²) in [4.78, 5) is 47.0. The van der Waals surface area contributed by atoms with Crippen LogP contribution in [0, 0.1) is 20.2 Å².